The van der Waals surface area contributed by atoms with Crippen LogP contribution >= 0.6 is 8.51 Å². The van der Waals surface area contributed by atoms with E-state index < -0.39 is 0 Å². The third-order valence-electron chi connectivity index (χ3n) is 0. The summed E-state index contributed by atoms with van der Waals surface area (Å²) in [5, 5.41) is 0. The fourth-order valence-electron chi connectivity index (χ4n) is 0. The van der Waals surface area contributed by atoms with Crippen LogP contribution in [0, 0.1) is 0 Å². The van der Waals surface area contributed by atoms with Crippen LogP contribution < -0.4 is 0 Å². The number of halogens is 1. The van der Waals surface area contributed by atoms with E-state index in [1.165, 1.54) is 0 Å². The molecule has 0 unspecified atom stereocenters. The van der Waals surface area contributed by atoms with E-state index in [2.05, 4.69) is 0 Å². The molecule has 0 bridgehead atoms. The number of hydrogen-bond donors (Lipinski definition) is 0. The van der Waals surface area contributed by atoms with E-state index in [0.717, 1.165) is 23.5 Å². The van der Waals surface area contributed by atoms with E-state index >= 15 is 0 Å². The molecule has 0 radical (unpaired) electrons. The molecule has 0 saturated heterocycles. The number of hydrogen-bond acceptors (Lipinski definition) is 0. The van der Waals surface area contributed by atoms with Crippen molar-refractivity contribution in [3.05, 3.63) is 0 Å². The van der Waals surface area contributed by atoms with Crippen molar-refractivity contribution in [2.45, 2.75) is 0 Å². The first-order valence-corrected chi connectivity index (χ1v) is 3.35. The van der Waals surface area contributed by atoms with Crippen molar-refractivity contribution in [3.8, 4) is 0 Å². The van der Waals surface area contributed by atoms with Crippen molar-refractivity contribution in [1.82, 2.24) is 0 Å². The Morgan fingerprint density at radius 3 is 1.25 bits per heavy atom. The van der Waals surface area contributed by atoms with Crippen molar-refractivity contribution < 1.29 is 40.6 Å². The zero-order valence-corrected chi connectivity index (χ0v) is 5.55. The molecule has 0 N–H and O–H groups in total. The van der Waals surface area contributed by atoms with Crippen LogP contribution in [0.4, 0.5) is 0 Å². The monoisotopic (exact) mass is 223 g/mol. The van der Waals surface area contributed by atoms with E-state index in [1.807, 2.05) is 0 Å². The van der Waals surface area contributed by atoms with E-state index in [1.54, 1.807) is 0 Å². The molecular formula is H2CaClFeZr. The Balaban J connectivity index is -0.00000000500. The summed E-state index contributed by atoms with van der Waals surface area (Å²) < 4.78 is 0. The van der Waals surface area contributed by atoms with Crippen LogP contribution in [0.3, 0.4) is 0 Å². The van der Waals surface area contributed by atoms with Gasteiger partial charge in [-0.1, -0.05) is 0 Å². The maximum absolute atomic E-state index is 4.73. The van der Waals surface area contributed by atoms with Gasteiger partial charge in [-0.25, -0.2) is 0 Å². The minimum atomic E-state index is 0. The van der Waals surface area contributed by atoms with Gasteiger partial charge < -0.3 is 0 Å². The van der Waals surface area contributed by atoms with Gasteiger partial charge in [0.2, 0.25) is 0 Å². The molecule has 0 amide bonds. The Hall–Kier alpha value is 2.95. The molecule has 4 heavy (non-hydrogen) atoms. The van der Waals surface area contributed by atoms with Gasteiger partial charge in [0.05, 0.1) is 0 Å². The molecular weight excluding hydrogens is 223 g/mol. The maximum Gasteiger partial charge on any atom is 0 e. The van der Waals surface area contributed by atoms with Gasteiger partial charge in [-0.05, 0) is 0 Å². The van der Waals surface area contributed by atoms with Crippen LogP contribution in [0.1, 0.15) is 0 Å². The first-order chi connectivity index (χ1) is 1.00. The molecule has 0 saturated carbocycles. The van der Waals surface area contributed by atoms with Gasteiger partial charge >= 0.3 is 69.8 Å². The molecule has 0 rings (SSSR count). The van der Waals surface area contributed by atoms with Crippen LogP contribution in [0.2, 0.25) is 0 Å². The van der Waals surface area contributed by atoms with Gasteiger partial charge in [-0.15, -0.1) is 0 Å². The predicted octanol–water partition coefficient (Wildman–Crippen LogP) is -0.232. The van der Waals surface area contributed by atoms with Gasteiger partial charge in [0, 0.05) is 17.1 Å². The second-order valence-electron chi connectivity index (χ2n) is 0. The average Bonchev–Trinajstić information content (AvgIpc) is 1.00. The molecule has 23 valence electrons. The molecule has 0 spiro atoms. The van der Waals surface area contributed by atoms with Crippen LogP contribution in [-0.2, 0) is 40.6 Å². The molecule has 0 aromatic heterocycles. The quantitative estimate of drug-likeness (QED) is 0.499. The minimum Gasteiger partial charge on any atom is 0 e. The Bertz CT molecular complexity index is 8.00. The normalized spacial score (nSPS) is 1.00. The van der Waals surface area contributed by atoms with Crippen LogP contribution in [0.5, 0.6) is 0 Å². The Morgan fingerprint density at radius 1 is 1.25 bits per heavy atom. The molecule has 0 aliphatic rings. The fourth-order valence-corrected chi connectivity index (χ4v) is 0. The summed E-state index contributed by atoms with van der Waals surface area (Å²) >= 11 is 1.02. The smallest absolute Gasteiger partial charge is 0 e. The minimum absolute atomic E-state index is 0. The molecule has 0 fully saturated rings. The second kappa shape index (κ2) is 16.7. The fraction of sp³-hybridized carbons (Fsp3) is 0. The summed E-state index contributed by atoms with van der Waals surface area (Å²) in [5.74, 6) is 0. The third-order valence-corrected chi connectivity index (χ3v) is 0. The van der Waals surface area contributed by atoms with Crippen LogP contribution in [-0.4, -0.2) is 37.7 Å². The van der Waals surface area contributed by atoms with Crippen molar-refractivity contribution in [1.29, 1.82) is 0 Å². The van der Waals surface area contributed by atoms with E-state index in [4.69, 9.17) is 8.51 Å². The predicted molar refractivity (Wildman–Crippen MR) is 14.4 cm³/mol. The summed E-state index contributed by atoms with van der Waals surface area (Å²) in [7, 11) is 4.73. The average molecular weight is 225 g/mol. The van der Waals surface area contributed by atoms with Crippen molar-refractivity contribution in [2.75, 3.05) is 0 Å². The Kier molecular flexibility index (Phi) is 66.0. The molecule has 0 nitrogen and oxygen atoms in total. The van der Waals surface area contributed by atoms with Gasteiger partial charge in [0.15, 0.2) is 0 Å². The molecule has 0 aliphatic carbocycles. The van der Waals surface area contributed by atoms with Gasteiger partial charge in [0.1, 0.15) is 0 Å². The molecule has 0 atom stereocenters. The molecule has 4 heteroatoms. The summed E-state index contributed by atoms with van der Waals surface area (Å²) in [6.45, 7) is 0. The molecule has 0 aromatic rings. The Morgan fingerprint density at radius 2 is 1.25 bits per heavy atom. The number of rotatable bonds is 0. The van der Waals surface area contributed by atoms with Crippen molar-refractivity contribution in [3.63, 3.8) is 0 Å². The van der Waals surface area contributed by atoms with E-state index in [0.29, 0.717) is 0 Å². The summed E-state index contributed by atoms with van der Waals surface area (Å²) in [5.41, 5.74) is 0. The Labute approximate surface area is 84.9 Å². The third kappa shape index (κ3) is 8.88. The molecule has 0 aliphatic heterocycles. The zero-order chi connectivity index (χ0) is 2.00. The van der Waals surface area contributed by atoms with Gasteiger partial charge in [0.25, 0.3) is 0 Å². The van der Waals surface area contributed by atoms with Crippen molar-refractivity contribution in [2.24, 2.45) is 0 Å². The van der Waals surface area contributed by atoms with E-state index in [-0.39, 0.29) is 54.8 Å². The van der Waals surface area contributed by atoms with Crippen molar-refractivity contribution >= 4 is 46.3 Å². The topological polar surface area (TPSA) is 0 Å². The maximum atomic E-state index is 4.73. The first-order valence-electron chi connectivity index (χ1n) is 0.189. The summed E-state index contributed by atoms with van der Waals surface area (Å²) in [4.78, 5) is 0. The summed E-state index contributed by atoms with van der Waals surface area (Å²) in [6.07, 6.45) is 0. The van der Waals surface area contributed by atoms with E-state index in [9.17, 15) is 0 Å². The molecule has 0 aromatic carbocycles. The van der Waals surface area contributed by atoms with Gasteiger partial charge in [-0.2, -0.15) is 0 Å². The standard InChI is InChI=1S/Ca.ClH.Fe.Zr.2H/h;1H;;;;/q;;;+1;;/p-1. The second-order valence-corrected chi connectivity index (χ2v) is 0. The van der Waals surface area contributed by atoms with Crippen LogP contribution in [0.25, 0.3) is 0 Å². The zero-order valence-electron chi connectivity index (χ0n) is 1.23. The molecule has 0 heterocycles. The first kappa shape index (κ1) is 15.8. The van der Waals surface area contributed by atoms with Gasteiger partial charge in [-0.3, -0.25) is 0 Å². The largest absolute Gasteiger partial charge is 0 e. The summed E-state index contributed by atoms with van der Waals surface area (Å²) in [6, 6.07) is 0. The van der Waals surface area contributed by atoms with Crippen LogP contribution in [0.15, 0.2) is 0 Å². The SMILES string of the molecule is [CaH2].[Cl][Zr].[Fe].